The van der Waals surface area contributed by atoms with Gasteiger partial charge in [-0.05, 0) is 12.3 Å². The van der Waals surface area contributed by atoms with Gasteiger partial charge in [0, 0.05) is 13.1 Å². The Balaban J connectivity index is 2.48. The molecule has 4 heteroatoms. The lowest BCUT2D eigenvalue weighted by molar-refractivity contribution is -0.141. The molecule has 76 valence electrons. The van der Waals surface area contributed by atoms with Crippen LogP contribution in [0.2, 0.25) is 0 Å². The summed E-state index contributed by atoms with van der Waals surface area (Å²) in [6, 6.07) is 0. The van der Waals surface area contributed by atoms with Gasteiger partial charge < -0.3 is 15.1 Å². The summed E-state index contributed by atoms with van der Waals surface area (Å²) in [7, 11) is 0. The summed E-state index contributed by atoms with van der Waals surface area (Å²) in [5.41, 5.74) is 0. The molecule has 1 fully saturated rings. The topological polar surface area (TPSA) is 60.8 Å². The van der Waals surface area contributed by atoms with Crippen LogP contribution in [0.1, 0.15) is 20.3 Å². The van der Waals surface area contributed by atoms with E-state index in [1.807, 2.05) is 0 Å². The number of rotatable bonds is 2. The number of hydrogen-bond acceptors (Lipinski definition) is 3. The van der Waals surface area contributed by atoms with Crippen molar-refractivity contribution in [2.45, 2.75) is 32.5 Å². The van der Waals surface area contributed by atoms with Gasteiger partial charge in [0.1, 0.15) is 6.10 Å². The zero-order valence-corrected chi connectivity index (χ0v) is 8.10. The van der Waals surface area contributed by atoms with Gasteiger partial charge in [0.15, 0.2) is 0 Å². The molecular formula is C9H17NO3. The number of nitrogens with zero attached hydrogens (tertiary/aromatic N) is 1. The molecule has 0 aliphatic carbocycles. The quantitative estimate of drug-likeness (QED) is 0.618. The van der Waals surface area contributed by atoms with E-state index in [1.54, 1.807) is 13.8 Å². The van der Waals surface area contributed by atoms with E-state index in [0.717, 1.165) is 0 Å². The molecular weight excluding hydrogens is 170 g/mol. The van der Waals surface area contributed by atoms with E-state index < -0.39 is 12.2 Å². The fourth-order valence-electron chi connectivity index (χ4n) is 1.41. The first kappa shape index (κ1) is 10.5. The van der Waals surface area contributed by atoms with E-state index in [4.69, 9.17) is 0 Å². The number of likely N-dealkylation sites (tertiary alicyclic amines) is 1. The van der Waals surface area contributed by atoms with E-state index in [-0.39, 0.29) is 11.8 Å². The van der Waals surface area contributed by atoms with E-state index in [1.165, 1.54) is 4.90 Å². The molecule has 1 aliphatic heterocycles. The molecule has 0 saturated carbocycles. The largest absolute Gasteiger partial charge is 0.391 e. The van der Waals surface area contributed by atoms with Gasteiger partial charge in [-0.25, -0.2) is 0 Å². The van der Waals surface area contributed by atoms with Gasteiger partial charge in [-0.3, -0.25) is 4.79 Å². The predicted octanol–water partition coefficient (Wildman–Crippen LogP) is -0.404. The molecule has 0 bridgehead atoms. The van der Waals surface area contributed by atoms with E-state index in [0.29, 0.717) is 19.5 Å². The highest BCUT2D eigenvalue weighted by atomic mass is 16.3. The summed E-state index contributed by atoms with van der Waals surface area (Å²) in [5.74, 6) is -0.322. The number of aliphatic hydroxyl groups is 2. The van der Waals surface area contributed by atoms with Crippen molar-refractivity contribution in [2.24, 2.45) is 5.92 Å². The molecule has 1 saturated heterocycles. The van der Waals surface area contributed by atoms with Crippen LogP contribution in [0, 0.1) is 5.92 Å². The fraction of sp³-hybridized carbons (Fsp3) is 0.889. The number of amides is 1. The highest BCUT2D eigenvalue weighted by molar-refractivity contribution is 5.81. The second-order valence-corrected chi connectivity index (χ2v) is 3.92. The lowest BCUT2D eigenvalue weighted by Crippen LogP contribution is -2.40. The third kappa shape index (κ3) is 2.42. The van der Waals surface area contributed by atoms with Crippen molar-refractivity contribution in [3.05, 3.63) is 0 Å². The fourth-order valence-corrected chi connectivity index (χ4v) is 1.41. The minimum Gasteiger partial charge on any atom is -0.391 e. The number of carbonyl (C=O) groups is 1. The van der Waals surface area contributed by atoms with Crippen LogP contribution in [0.25, 0.3) is 0 Å². The number of β-amino-alcohol motifs (C(OH)–C–C–N with tert-alkyl or cyclic N) is 1. The molecule has 13 heavy (non-hydrogen) atoms. The maximum absolute atomic E-state index is 11.5. The Morgan fingerprint density at radius 2 is 2.15 bits per heavy atom. The molecule has 0 spiro atoms. The predicted molar refractivity (Wildman–Crippen MR) is 48.0 cm³/mol. The maximum Gasteiger partial charge on any atom is 0.251 e. The molecule has 2 atom stereocenters. The Bertz CT molecular complexity index is 193. The smallest absolute Gasteiger partial charge is 0.251 e. The van der Waals surface area contributed by atoms with E-state index >= 15 is 0 Å². The lowest BCUT2D eigenvalue weighted by Gasteiger charge is -2.21. The Morgan fingerprint density at radius 3 is 2.54 bits per heavy atom. The first-order valence-electron chi connectivity index (χ1n) is 4.67. The van der Waals surface area contributed by atoms with Crippen LogP contribution in [-0.4, -0.2) is 46.3 Å². The third-order valence-electron chi connectivity index (χ3n) is 2.36. The summed E-state index contributed by atoms with van der Waals surface area (Å²) in [5, 5.41) is 18.7. The second-order valence-electron chi connectivity index (χ2n) is 3.92. The minimum atomic E-state index is -0.926. The van der Waals surface area contributed by atoms with Crippen molar-refractivity contribution >= 4 is 5.91 Å². The van der Waals surface area contributed by atoms with Crippen LogP contribution in [0.5, 0.6) is 0 Å². The minimum absolute atomic E-state index is 0.0646. The molecule has 2 N–H and O–H groups in total. The Labute approximate surface area is 78.2 Å². The third-order valence-corrected chi connectivity index (χ3v) is 2.36. The van der Waals surface area contributed by atoms with Crippen molar-refractivity contribution < 1.29 is 15.0 Å². The van der Waals surface area contributed by atoms with Gasteiger partial charge in [-0.2, -0.15) is 0 Å². The van der Waals surface area contributed by atoms with Crippen molar-refractivity contribution in [2.75, 3.05) is 13.1 Å². The van der Waals surface area contributed by atoms with Crippen LogP contribution >= 0.6 is 0 Å². The van der Waals surface area contributed by atoms with Gasteiger partial charge in [-0.15, -0.1) is 0 Å². The average Bonchev–Trinajstić information content (AvgIpc) is 2.49. The molecule has 0 aromatic heterocycles. The van der Waals surface area contributed by atoms with Gasteiger partial charge >= 0.3 is 0 Å². The van der Waals surface area contributed by atoms with Gasteiger partial charge in [0.2, 0.25) is 0 Å². The van der Waals surface area contributed by atoms with E-state index in [2.05, 4.69) is 0 Å². The average molecular weight is 187 g/mol. The van der Waals surface area contributed by atoms with Crippen LogP contribution in [0.4, 0.5) is 0 Å². The molecule has 1 rings (SSSR count). The van der Waals surface area contributed by atoms with Crippen molar-refractivity contribution in [3.8, 4) is 0 Å². The molecule has 0 aromatic carbocycles. The zero-order chi connectivity index (χ0) is 10.0. The SMILES string of the molecule is CC(C)[C@H](O)C(=O)N1CC[C@H](O)C1. The summed E-state index contributed by atoms with van der Waals surface area (Å²) in [4.78, 5) is 13.0. The number of carbonyl (C=O) groups excluding carboxylic acids is 1. The molecule has 4 nitrogen and oxygen atoms in total. The maximum atomic E-state index is 11.5. The Morgan fingerprint density at radius 1 is 1.54 bits per heavy atom. The van der Waals surface area contributed by atoms with Gasteiger partial charge in [-0.1, -0.05) is 13.8 Å². The standard InChI is InChI=1S/C9H17NO3/c1-6(2)8(12)9(13)10-4-3-7(11)5-10/h6-8,11-12H,3-5H2,1-2H3/t7-,8-/m0/s1. The molecule has 1 aliphatic rings. The Hall–Kier alpha value is -0.610. The molecule has 1 amide bonds. The molecule has 0 unspecified atom stereocenters. The first-order chi connectivity index (χ1) is 6.02. The summed E-state index contributed by atoms with van der Waals surface area (Å²) in [6.45, 7) is 4.52. The second kappa shape index (κ2) is 4.07. The normalized spacial score (nSPS) is 25.3. The lowest BCUT2D eigenvalue weighted by atomic mass is 10.1. The summed E-state index contributed by atoms with van der Waals surface area (Å²) < 4.78 is 0. The van der Waals surface area contributed by atoms with Crippen LogP contribution in [-0.2, 0) is 4.79 Å². The van der Waals surface area contributed by atoms with Crippen LogP contribution in [0.15, 0.2) is 0 Å². The van der Waals surface area contributed by atoms with Gasteiger partial charge in [0.05, 0.1) is 6.10 Å². The molecule has 0 radical (unpaired) electrons. The first-order valence-corrected chi connectivity index (χ1v) is 4.67. The number of aliphatic hydroxyl groups excluding tert-OH is 2. The van der Waals surface area contributed by atoms with Crippen molar-refractivity contribution in [1.29, 1.82) is 0 Å². The van der Waals surface area contributed by atoms with Crippen LogP contribution < -0.4 is 0 Å². The summed E-state index contributed by atoms with van der Waals surface area (Å²) >= 11 is 0. The van der Waals surface area contributed by atoms with Crippen molar-refractivity contribution in [3.63, 3.8) is 0 Å². The highest BCUT2D eigenvalue weighted by Gasteiger charge is 2.30. The monoisotopic (exact) mass is 187 g/mol. The summed E-state index contributed by atoms with van der Waals surface area (Å²) in [6.07, 6.45) is -0.718. The van der Waals surface area contributed by atoms with Gasteiger partial charge in [0.25, 0.3) is 5.91 Å². The highest BCUT2D eigenvalue weighted by Crippen LogP contribution is 2.13. The number of hydrogen-bond donors (Lipinski definition) is 2. The molecule has 1 heterocycles. The zero-order valence-electron chi connectivity index (χ0n) is 8.10. The van der Waals surface area contributed by atoms with Crippen LogP contribution in [0.3, 0.4) is 0 Å². The van der Waals surface area contributed by atoms with Crippen molar-refractivity contribution in [1.82, 2.24) is 4.90 Å². The molecule has 0 aromatic rings. The van der Waals surface area contributed by atoms with E-state index in [9.17, 15) is 15.0 Å². The Kier molecular flexibility index (Phi) is 3.27.